The Morgan fingerprint density at radius 2 is 1.30 bits per heavy atom. The normalized spacial score (nSPS) is 25.9. The number of halogens is 1. The van der Waals surface area contributed by atoms with Crippen LogP contribution in [0.2, 0.25) is 0 Å². The second-order valence-electron chi connectivity index (χ2n) is 7.08. The largest absolute Gasteiger partial charge is 0.298 e. The molecule has 1 saturated heterocycles. The third kappa shape index (κ3) is 5.54. The molecular weight excluding hydrogens is 270 g/mol. The van der Waals surface area contributed by atoms with E-state index < -0.39 is 0 Å². The summed E-state index contributed by atoms with van der Waals surface area (Å²) in [4.78, 5) is 0. The topological polar surface area (TPSA) is 12.5 Å². The zero-order valence-electron chi connectivity index (χ0n) is 14.1. The lowest BCUT2D eigenvalue weighted by atomic mass is 10.1. The Kier molecular flexibility index (Phi) is 7.86. The molecular formula is C17H35ClNO+. The first kappa shape index (κ1) is 18.3. The fourth-order valence-corrected chi connectivity index (χ4v) is 3.25. The van der Waals surface area contributed by atoms with Gasteiger partial charge in [-0.1, -0.05) is 69.9 Å². The maximum Gasteiger partial charge on any atom is 0.243 e. The predicted molar refractivity (Wildman–Crippen MR) is 88.0 cm³/mol. The van der Waals surface area contributed by atoms with Crippen molar-refractivity contribution >= 4 is 11.6 Å². The summed E-state index contributed by atoms with van der Waals surface area (Å²) < 4.78 is 6.44. The molecule has 1 fully saturated rings. The first-order valence-corrected chi connectivity index (χ1v) is 9.02. The molecule has 20 heavy (non-hydrogen) atoms. The van der Waals surface area contributed by atoms with Crippen molar-refractivity contribution in [3.8, 4) is 0 Å². The fraction of sp³-hybridized carbons (Fsp3) is 1.00. The van der Waals surface area contributed by atoms with E-state index in [9.17, 15) is 0 Å². The molecule has 0 aliphatic carbocycles. The highest BCUT2D eigenvalue weighted by Crippen LogP contribution is 2.45. The first-order chi connectivity index (χ1) is 9.44. The highest BCUT2D eigenvalue weighted by molar-refractivity contribution is 6.21. The first-order valence-electron chi connectivity index (χ1n) is 8.59. The molecule has 1 aliphatic heterocycles. The zero-order valence-corrected chi connectivity index (χ0v) is 14.8. The molecule has 120 valence electrons. The van der Waals surface area contributed by atoms with Crippen LogP contribution in [0, 0.1) is 0 Å². The Balaban J connectivity index is 1.92. The van der Waals surface area contributed by atoms with Gasteiger partial charge >= 0.3 is 0 Å². The Bertz CT molecular complexity index is 270. The molecule has 0 amide bonds. The van der Waals surface area contributed by atoms with Gasteiger partial charge in [0, 0.05) is 6.92 Å². The number of epoxide rings is 1. The van der Waals surface area contributed by atoms with Gasteiger partial charge in [-0.05, 0) is 12.8 Å². The summed E-state index contributed by atoms with van der Waals surface area (Å²) in [6, 6.07) is 0. The van der Waals surface area contributed by atoms with E-state index in [-0.39, 0.29) is 11.3 Å². The van der Waals surface area contributed by atoms with Crippen LogP contribution in [-0.4, -0.2) is 36.4 Å². The van der Waals surface area contributed by atoms with Crippen molar-refractivity contribution in [3.63, 3.8) is 0 Å². The second-order valence-corrected chi connectivity index (χ2v) is 7.48. The Morgan fingerprint density at radius 1 is 0.900 bits per heavy atom. The zero-order chi connectivity index (χ0) is 15.1. The predicted octanol–water partition coefficient (Wildman–Crippen LogP) is 5.30. The van der Waals surface area contributed by atoms with Gasteiger partial charge in [0.25, 0.3) is 0 Å². The molecule has 0 saturated carbocycles. The Hall–Kier alpha value is 0.210. The molecule has 1 aliphatic rings. The van der Waals surface area contributed by atoms with Gasteiger partial charge in [-0.3, -0.25) is 9.22 Å². The standard InChI is InChI=1S/C17H35ClNO/c1-5-6-7-8-9-10-11-12-13-14-15-19(3,4)17(2)16(18)20-17/h16H,5-15H2,1-4H3/q+1. The average molecular weight is 305 g/mol. The van der Waals surface area contributed by atoms with E-state index in [0.29, 0.717) is 0 Å². The Morgan fingerprint density at radius 3 is 1.70 bits per heavy atom. The number of alkyl halides is 1. The third-order valence-electron chi connectivity index (χ3n) is 4.98. The van der Waals surface area contributed by atoms with Crippen LogP contribution in [0.3, 0.4) is 0 Å². The van der Waals surface area contributed by atoms with E-state index in [4.69, 9.17) is 16.3 Å². The molecule has 1 heterocycles. The van der Waals surface area contributed by atoms with Crippen molar-refractivity contribution in [2.45, 2.75) is 89.3 Å². The minimum absolute atomic E-state index is 0.0966. The van der Waals surface area contributed by atoms with E-state index in [1.165, 1.54) is 64.2 Å². The minimum Gasteiger partial charge on any atom is -0.298 e. The van der Waals surface area contributed by atoms with Crippen LogP contribution in [0.5, 0.6) is 0 Å². The summed E-state index contributed by atoms with van der Waals surface area (Å²) in [5.41, 5.74) is -0.249. The molecule has 2 unspecified atom stereocenters. The molecule has 0 bridgehead atoms. The number of rotatable bonds is 12. The highest BCUT2D eigenvalue weighted by atomic mass is 35.5. The smallest absolute Gasteiger partial charge is 0.243 e. The number of likely N-dealkylation sites (N-methyl/N-ethyl adjacent to an activating group) is 1. The summed E-state index contributed by atoms with van der Waals surface area (Å²) in [7, 11) is 4.46. The van der Waals surface area contributed by atoms with E-state index in [2.05, 4.69) is 27.9 Å². The molecule has 0 aromatic carbocycles. The SMILES string of the molecule is CCCCCCCCCCCC[N+](C)(C)C1(C)OC1Cl. The average Bonchev–Trinajstić information content (AvgIpc) is 3.02. The lowest BCUT2D eigenvalue weighted by Crippen LogP contribution is -2.51. The highest BCUT2D eigenvalue weighted by Gasteiger charge is 2.63. The molecule has 2 atom stereocenters. The molecule has 1 rings (SSSR count). The van der Waals surface area contributed by atoms with Crippen LogP contribution < -0.4 is 0 Å². The molecule has 3 heteroatoms. The van der Waals surface area contributed by atoms with E-state index >= 15 is 0 Å². The van der Waals surface area contributed by atoms with Gasteiger partial charge in [0.15, 0.2) is 0 Å². The van der Waals surface area contributed by atoms with Crippen LogP contribution in [0.1, 0.15) is 78.1 Å². The lowest BCUT2D eigenvalue weighted by molar-refractivity contribution is -0.935. The van der Waals surface area contributed by atoms with Gasteiger partial charge in [-0.25, -0.2) is 0 Å². The number of unbranched alkanes of at least 4 members (excludes halogenated alkanes) is 9. The van der Waals surface area contributed by atoms with Crippen LogP contribution in [0.4, 0.5) is 0 Å². The number of ether oxygens (including phenoxy) is 1. The van der Waals surface area contributed by atoms with Crippen molar-refractivity contribution in [1.29, 1.82) is 0 Å². The van der Waals surface area contributed by atoms with Gasteiger partial charge in [0.1, 0.15) is 0 Å². The van der Waals surface area contributed by atoms with Crippen LogP contribution in [-0.2, 0) is 4.74 Å². The fourth-order valence-electron chi connectivity index (χ4n) is 2.81. The maximum atomic E-state index is 6.07. The van der Waals surface area contributed by atoms with Crippen molar-refractivity contribution < 1.29 is 9.22 Å². The summed E-state index contributed by atoms with van der Waals surface area (Å²) in [5.74, 6) is 0. The number of hydrogen-bond donors (Lipinski definition) is 0. The van der Waals surface area contributed by atoms with Crippen LogP contribution in [0.25, 0.3) is 0 Å². The van der Waals surface area contributed by atoms with Crippen LogP contribution in [0.15, 0.2) is 0 Å². The number of hydrogen-bond acceptors (Lipinski definition) is 1. The van der Waals surface area contributed by atoms with Crippen molar-refractivity contribution in [2.24, 2.45) is 0 Å². The monoisotopic (exact) mass is 304 g/mol. The van der Waals surface area contributed by atoms with Gasteiger partial charge in [-0.15, -0.1) is 0 Å². The van der Waals surface area contributed by atoms with Gasteiger partial charge < -0.3 is 0 Å². The lowest BCUT2D eigenvalue weighted by Gasteiger charge is -2.33. The van der Waals surface area contributed by atoms with Crippen LogP contribution >= 0.6 is 11.6 Å². The molecule has 0 aromatic rings. The quantitative estimate of drug-likeness (QED) is 0.206. The van der Waals surface area contributed by atoms with E-state index in [0.717, 1.165) is 11.0 Å². The van der Waals surface area contributed by atoms with Crippen molar-refractivity contribution in [1.82, 2.24) is 0 Å². The Labute approximate surface area is 131 Å². The molecule has 2 nitrogen and oxygen atoms in total. The molecule has 0 spiro atoms. The number of nitrogens with zero attached hydrogens (tertiary/aromatic N) is 1. The van der Waals surface area contributed by atoms with E-state index in [1.54, 1.807) is 0 Å². The molecule has 0 N–H and O–H groups in total. The third-order valence-corrected chi connectivity index (χ3v) is 5.47. The van der Waals surface area contributed by atoms with Crippen molar-refractivity contribution in [2.75, 3.05) is 20.6 Å². The van der Waals surface area contributed by atoms with Gasteiger partial charge in [0.05, 0.1) is 20.6 Å². The minimum atomic E-state index is -0.152. The molecule has 0 radical (unpaired) electrons. The van der Waals surface area contributed by atoms with Crippen molar-refractivity contribution in [3.05, 3.63) is 0 Å². The summed E-state index contributed by atoms with van der Waals surface area (Å²) in [6.07, 6.45) is 13.9. The number of quaternary nitrogens is 1. The second kappa shape index (κ2) is 8.60. The summed E-state index contributed by atoms with van der Waals surface area (Å²) >= 11 is 6.07. The summed E-state index contributed by atoms with van der Waals surface area (Å²) in [6.45, 7) is 5.57. The summed E-state index contributed by atoms with van der Waals surface area (Å²) in [5, 5.41) is 0. The van der Waals surface area contributed by atoms with Gasteiger partial charge in [-0.2, -0.15) is 0 Å². The van der Waals surface area contributed by atoms with Gasteiger partial charge in [0.2, 0.25) is 11.3 Å². The van der Waals surface area contributed by atoms with E-state index in [1.807, 2.05) is 0 Å². The molecule has 0 aromatic heterocycles. The maximum absolute atomic E-state index is 6.07.